The first-order valence-corrected chi connectivity index (χ1v) is 6.07. The van der Waals surface area contributed by atoms with Crippen LogP contribution in [-0.2, 0) is 9.53 Å². The Labute approximate surface area is 104 Å². The van der Waals surface area contributed by atoms with Gasteiger partial charge in [0.25, 0.3) is 0 Å². The van der Waals surface area contributed by atoms with E-state index in [4.69, 9.17) is 5.11 Å². The normalized spacial score (nSPS) is 10.0. The van der Waals surface area contributed by atoms with Crippen molar-refractivity contribution in [2.24, 2.45) is 0 Å². The molecule has 0 fully saturated rings. The first-order chi connectivity index (χ1) is 8.06. The van der Waals surface area contributed by atoms with Gasteiger partial charge in [-0.25, -0.2) is 4.79 Å². The maximum atomic E-state index is 10.9. The fraction of sp³-hybridized carbons (Fsp3) is 0.333. The molecular weight excluding hydrogens is 240 g/mol. The first kappa shape index (κ1) is 13.6. The van der Waals surface area contributed by atoms with Crippen LogP contribution in [0.25, 0.3) is 0 Å². The summed E-state index contributed by atoms with van der Waals surface area (Å²) in [4.78, 5) is 22.7. The summed E-state index contributed by atoms with van der Waals surface area (Å²) < 4.78 is 4.53. The van der Waals surface area contributed by atoms with Gasteiger partial charge in [-0.15, -0.1) is 11.8 Å². The summed E-state index contributed by atoms with van der Waals surface area (Å²) in [6.45, 7) is 1.77. The number of hydrogen-bond acceptors (Lipinski definition) is 4. The number of carbonyl (C=O) groups excluding carboxylic acids is 1. The van der Waals surface area contributed by atoms with Crippen LogP contribution in [0.1, 0.15) is 22.3 Å². The minimum atomic E-state index is -0.932. The van der Waals surface area contributed by atoms with Gasteiger partial charge in [-0.1, -0.05) is 6.07 Å². The molecule has 0 bridgehead atoms. The number of benzene rings is 1. The Kier molecular flexibility index (Phi) is 5.03. The number of carboxylic acid groups (broad SMARTS) is 1. The molecule has 1 aromatic rings. The number of carboxylic acids is 1. The van der Waals surface area contributed by atoms with Crippen LogP contribution in [0.15, 0.2) is 23.1 Å². The molecule has 4 nitrogen and oxygen atoms in total. The number of aromatic carboxylic acids is 1. The summed E-state index contributed by atoms with van der Waals surface area (Å²) in [5.74, 6) is -0.612. The smallest absolute Gasteiger partial charge is 0.335 e. The van der Waals surface area contributed by atoms with Gasteiger partial charge in [0.15, 0.2) is 0 Å². The summed E-state index contributed by atoms with van der Waals surface area (Å²) in [6, 6.07) is 5.13. The molecule has 0 radical (unpaired) electrons. The molecule has 0 atom stereocenters. The van der Waals surface area contributed by atoms with Gasteiger partial charge in [0, 0.05) is 10.6 Å². The lowest BCUT2D eigenvalue weighted by atomic mass is 10.1. The molecular formula is C12H14O4S. The zero-order valence-electron chi connectivity index (χ0n) is 9.73. The average Bonchev–Trinajstić information content (AvgIpc) is 2.30. The van der Waals surface area contributed by atoms with Gasteiger partial charge in [0.1, 0.15) is 0 Å². The van der Waals surface area contributed by atoms with E-state index in [1.807, 2.05) is 6.07 Å². The molecule has 0 heterocycles. The van der Waals surface area contributed by atoms with Crippen LogP contribution in [0.3, 0.4) is 0 Å². The topological polar surface area (TPSA) is 63.6 Å². The highest BCUT2D eigenvalue weighted by molar-refractivity contribution is 7.99. The number of ether oxygens (including phenoxy) is 1. The predicted molar refractivity (Wildman–Crippen MR) is 65.5 cm³/mol. The zero-order valence-corrected chi connectivity index (χ0v) is 10.5. The molecule has 1 rings (SSSR count). The van der Waals surface area contributed by atoms with Crippen LogP contribution in [-0.4, -0.2) is 29.9 Å². The number of rotatable bonds is 5. The average molecular weight is 254 g/mol. The van der Waals surface area contributed by atoms with E-state index in [1.54, 1.807) is 19.1 Å². The van der Waals surface area contributed by atoms with Gasteiger partial charge in [0.05, 0.1) is 19.1 Å². The Morgan fingerprint density at radius 2 is 2.12 bits per heavy atom. The van der Waals surface area contributed by atoms with Crippen LogP contribution in [0.2, 0.25) is 0 Å². The molecule has 0 aliphatic carbocycles. The second-order valence-electron chi connectivity index (χ2n) is 3.41. The first-order valence-electron chi connectivity index (χ1n) is 5.08. The Bertz CT molecular complexity index is 429. The second kappa shape index (κ2) is 6.30. The van der Waals surface area contributed by atoms with Crippen molar-refractivity contribution in [3.63, 3.8) is 0 Å². The van der Waals surface area contributed by atoms with Gasteiger partial charge in [-0.2, -0.15) is 0 Å². The molecule has 0 spiro atoms. The fourth-order valence-electron chi connectivity index (χ4n) is 1.35. The monoisotopic (exact) mass is 254 g/mol. The SMILES string of the molecule is COC(=O)CCSc1cccc(C(=O)O)c1C. The lowest BCUT2D eigenvalue weighted by Gasteiger charge is -2.07. The standard InChI is InChI=1S/C12H14O4S/c1-8-9(12(14)15)4-3-5-10(8)17-7-6-11(13)16-2/h3-5H,6-7H2,1-2H3,(H,14,15). The van der Waals surface area contributed by atoms with E-state index >= 15 is 0 Å². The van der Waals surface area contributed by atoms with E-state index in [2.05, 4.69) is 4.74 Å². The van der Waals surface area contributed by atoms with Gasteiger partial charge < -0.3 is 9.84 Å². The quantitative estimate of drug-likeness (QED) is 0.645. The third-order valence-corrected chi connectivity index (χ3v) is 3.47. The van der Waals surface area contributed by atoms with Crippen molar-refractivity contribution in [2.75, 3.05) is 12.9 Å². The maximum Gasteiger partial charge on any atom is 0.335 e. The summed E-state index contributed by atoms with van der Waals surface area (Å²) in [6.07, 6.45) is 0.317. The van der Waals surface area contributed by atoms with Crippen molar-refractivity contribution >= 4 is 23.7 Å². The van der Waals surface area contributed by atoms with Crippen molar-refractivity contribution in [3.05, 3.63) is 29.3 Å². The third kappa shape index (κ3) is 3.78. The number of thioether (sulfide) groups is 1. The van der Waals surface area contributed by atoms with E-state index in [0.717, 1.165) is 10.5 Å². The summed E-state index contributed by atoms with van der Waals surface area (Å²) in [5.41, 5.74) is 1.03. The molecule has 0 aliphatic rings. The Morgan fingerprint density at radius 3 is 2.71 bits per heavy atom. The minimum Gasteiger partial charge on any atom is -0.478 e. The van der Waals surface area contributed by atoms with Crippen molar-refractivity contribution < 1.29 is 19.4 Å². The predicted octanol–water partition coefficient (Wildman–Crippen LogP) is 2.35. The highest BCUT2D eigenvalue weighted by atomic mass is 32.2. The molecule has 17 heavy (non-hydrogen) atoms. The molecule has 0 saturated heterocycles. The molecule has 0 amide bonds. The molecule has 0 unspecified atom stereocenters. The van der Waals surface area contributed by atoms with E-state index < -0.39 is 5.97 Å². The van der Waals surface area contributed by atoms with E-state index in [0.29, 0.717) is 17.7 Å². The van der Waals surface area contributed by atoms with Crippen LogP contribution in [0, 0.1) is 6.92 Å². The number of esters is 1. The molecule has 1 N–H and O–H groups in total. The second-order valence-corrected chi connectivity index (χ2v) is 4.55. The van der Waals surface area contributed by atoms with Gasteiger partial charge in [-0.05, 0) is 24.6 Å². The minimum absolute atomic E-state index is 0.260. The number of carbonyl (C=O) groups is 2. The van der Waals surface area contributed by atoms with Crippen LogP contribution in [0.4, 0.5) is 0 Å². The Morgan fingerprint density at radius 1 is 1.41 bits per heavy atom. The van der Waals surface area contributed by atoms with E-state index in [9.17, 15) is 9.59 Å². The fourth-order valence-corrected chi connectivity index (χ4v) is 2.34. The molecule has 0 aliphatic heterocycles. The largest absolute Gasteiger partial charge is 0.478 e. The molecule has 5 heteroatoms. The summed E-state index contributed by atoms with van der Waals surface area (Å²) in [5, 5.41) is 8.96. The van der Waals surface area contributed by atoms with Crippen molar-refractivity contribution in [2.45, 2.75) is 18.2 Å². The van der Waals surface area contributed by atoms with E-state index in [1.165, 1.54) is 18.9 Å². The molecule has 0 aromatic heterocycles. The molecule has 92 valence electrons. The summed E-state index contributed by atoms with van der Waals surface area (Å²) in [7, 11) is 1.35. The summed E-state index contributed by atoms with van der Waals surface area (Å²) >= 11 is 1.46. The maximum absolute atomic E-state index is 10.9. The zero-order chi connectivity index (χ0) is 12.8. The highest BCUT2D eigenvalue weighted by Crippen LogP contribution is 2.25. The molecule has 0 saturated carbocycles. The van der Waals surface area contributed by atoms with Crippen molar-refractivity contribution in [1.82, 2.24) is 0 Å². The van der Waals surface area contributed by atoms with Crippen molar-refractivity contribution in [1.29, 1.82) is 0 Å². The van der Waals surface area contributed by atoms with Crippen LogP contribution in [0.5, 0.6) is 0 Å². The number of methoxy groups -OCH3 is 1. The van der Waals surface area contributed by atoms with Gasteiger partial charge >= 0.3 is 11.9 Å². The lowest BCUT2D eigenvalue weighted by Crippen LogP contribution is -2.02. The van der Waals surface area contributed by atoms with Gasteiger partial charge in [0.2, 0.25) is 0 Å². The van der Waals surface area contributed by atoms with Gasteiger partial charge in [-0.3, -0.25) is 4.79 Å². The van der Waals surface area contributed by atoms with Crippen molar-refractivity contribution in [3.8, 4) is 0 Å². The number of hydrogen-bond donors (Lipinski definition) is 1. The Hall–Kier alpha value is -1.49. The van der Waals surface area contributed by atoms with Crippen LogP contribution >= 0.6 is 11.8 Å². The Balaban J connectivity index is 2.69. The third-order valence-electron chi connectivity index (χ3n) is 2.31. The lowest BCUT2D eigenvalue weighted by molar-refractivity contribution is -0.140. The highest BCUT2D eigenvalue weighted by Gasteiger charge is 2.10. The van der Waals surface area contributed by atoms with Crippen LogP contribution < -0.4 is 0 Å². The molecule has 1 aromatic carbocycles. The van der Waals surface area contributed by atoms with E-state index in [-0.39, 0.29) is 5.97 Å².